The summed E-state index contributed by atoms with van der Waals surface area (Å²) in [5.74, 6) is 0. The Morgan fingerprint density at radius 2 is 1.67 bits per heavy atom. The molecule has 0 atom stereocenters. The molecule has 1 saturated heterocycles. The number of rotatable bonds is 5. The molecule has 1 rings (SSSR count). The topological polar surface area (TPSA) is 38.7 Å². The van der Waals surface area contributed by atoms with Gasteiger partial charge in [-0.2, -0.15) is 0 Å². The molecule has 1 N–H and O–H groups in total. The molecule has 15 heavy (non-hydrogen) atoms. The van der Waals surface area contributed by atoms with Gasteiger partial charge in [0.2, 0.25) is 0 Å². The molecule has 0 aliphatic carbocycles. The minimum absolute atomic E-state index is 0.309. The van der Waals surface area contributed by atoms with Crippen LogP contribution in [0.15, 0.2) is 0 Å². The highest BCUT2D eigenvalue weighted by molar-refractivity contribution is 4.43. The number of aliphatic hydroxyl groups is 1. The maximum atomic E-state index is 8.32. The largest absolute Gasteiger partial charge is 0.396 e. The molecule has 0 bridgehead atoms. The molecular weight excluding hydrogens is 192 g/mol. The van der Waals surface area contributed by atoms with Gasteiger partial charge in [0.25, 0.3) is 0 Å². The first-order valence-electron chi connectivity index (χ1n) is 6.09. The molecule has 1 aliphatic rings. The quantitative estimate of drug-likeness (QED) is 0.724. The van der Waals surface area contributed by atoms with Crippen molar-refractivity contribution in [2.24, 2.45) is 0 Å². The van der Waals surface area contributed by atoms with Crippen molar-refractivity contribution in [3.05, 3.63) is 0 Å². The van der Waals surface area contributed by atoms with Gasteiger partial charge in [0.1, 0.15) is 0 Å². The average Bonchev–Trinajstić information content (AvgIpc) is 2.86. The molecule has 0 unspecified atom stereocenters. The third kappa shape index (κ3) is 20.1. The van der Waals surface area contributed by atoms with Crippen molar-refractivity contribution in [2.75, 3.05) is 33.5 Å². The van der Waals surface area contributed by atoms with Crippen molar-refractivity contribution in [1.29, 1.82) is 0 Å². The van der Waals surface area contributed by atoms with E-state index in [-0.39, 0.29) is 0 Å². The first-order valence-corrected chi connectivity index (χ1v) is 6.09. The van der Waals surface area contributed by atoms with Gasteiger partial charge in [-0.25, -0.2) is 0 Å². The Hall–Kier alpha value is -0.120. The lowest BCUT2D eigenvalue weighted by molar-refractivity contribution is 0.188. The van der Waals surface area contributed by atoms with Crippen molar-refractivity contribution in [3.8, 4) is 0 Å². The predicted octanol–water partition coefficient (Wildman–Crippen LogP) is 2.62. The van der Waals surface area contributed by atoms with Crippen LogP contribution < -0.4 is 0 Å². The van der Waals surface area contributed by atoms with E-state index in [0.717, 1.165) is 39.1 Å². The monoisotopic (exact) mass is 220 g/mol. The molecule has 3 nitrogen and oxygen atoms in total. The van der Waals surface area contributed by atoms with Crippen LogP contribution in [-0.2, 0) is 9.47 Å². The number of aliphatic hydroxyl groups excluding tert-OH is 1. The third-order valence-electron chi connectivity index (χ3n) is 1.83. The lowest BCUT2D eigenvalue weighted by Crippen LogP contribution is -1.89. The first-order chi connectivity index (χ1) is 7.41. The number of methoxy groups -OCH3 is 1. The van der Waals surface area contributed by atoms with E-state index in [2.05, 4.69) is 0 Å². The average molecular weight is 220 g/mol. The van der Waals surface area contributed by atoms with Crippen molar-refractivity contribution < 1.29 is 14.6 Å². The fourth-order valence-electron chi connectivity index (χ4n) is 1.05. The van der Waals surface area contributed by atoms with Gasteiger partial charge >= 0.3 is 0 Å². The minimum atomic E-state index is 0.309. The molecular formula is C12H28O3. The first kappa shape index (κ1) is 17.3. The fourth-order valence-corrected chi connectivity index (χ4v) is 1.05. The van der Waals surface area contributed by atoms with Crippen LogP contribution in [0.2, 0.25) is 0 Å². The second-order valence-electron chi connectivity index (χ2n) is 3.10. The van der Waals surface area contributed by atoms with Crippen LogP contribution in [0.3, 0.4) is 0 Å². The SMILES string of the molecule is C1CCOC1.CC.COCCCCCO. The van der Waals surface area contributed by atoms with E-state index in [4.69, 9.17) is 14.6 Å². The van der Waals surface area contributed by atoms with Crippen LogP contribution in [-0.4, -0.2) is 38.6 Å². The third-order valence-corrected chi connectivity index (χ3v) is 1.83. The highest BCUT2D eigenvalue weighted by atomic mass is 16.5. The molecule has 3 heteroatoms. The molecule has 0 radical (unpaired) electrons. The molecule has 0 saturated carbocycles. The van der Waals surface area contributed by atoms with Gasteiger partial charge in [0.15, 0.2) is 0 Å². The summed E-state index contributed by atoms with van der Waals surface area (Å²) in [4.78, 5) is 0. The summed E-state index contributed by atoms with van der Waals surface area (Å²) < 4.78 is 9.75. The standard InChI is InChI=1S/C6H14O2.C4H8O.C2H6/c1-8-6-4-2-3-5-7;1-2-4-5-3-1;1-2/h7H,2-6H2,1H3;1-4H2;1-2H3. The molecule has 0 aromatic rings. The molecule has 1 heterocycles. The van der Waals surface area contributed by atoms with E-state index in [0.29, 0.717) is 6.61 Å². The van der Waals surface area contributed by atoms with Gasteiger partial charge in [0, 0.05) is 33.5 Å². The lowest BCUT2D eigenvalue weighted by Gasteiger charge is -1.94. The summed E-state index contributed by atoms with van der Waals surface area (Å²) in [6, 6.07) is 0. The summed E-state index contributed by atoms with van der Waals surface area (Å²) in [6.45, 7) is 7.13. The Morgan fingerprint density at radius 3 is 2.00 bits per heavy atom. The Morgan fingerprint density at radius 1 is 1.07 bits per heavy atom. The van der Waals surface area contributed by atoms with Gasteiger partial charge in [-0.05, 0) is 32.1 Å². The molecule has 1 aliphatic heterocycles. The van der Waals surface area contributed by atoms with E-state index in [9.17, 15) is 0 Å². The summed E-state index contributed by atoms with van der Waals surface area (Å²) in [5.41, 5.74) is 0. The number of hydrogen-bond acceptors (Lipinski definition) is 3. The number of hydrogen-bond donors (Lipinski definition) is 1. The minimum Gasteiger partial charge on any atom is -0.396 e. The lowest BCUT2D eigenvalue weighted by atomic mass is 10.2. The Labute approximate surface area is 94.8 Å². The smallest absolute Gasteiger partial charge is 0.0466 e. The fraction of sp³-hybridized carbons (Fsp3) is 1.00. The number of unbranched alkanes of at least 4 members (excludes halogenated alkanes) is 2. The van der Waals surface area contributed by atoms with Gasteiger partial charge < -0.3 is 14.6 Å². The van der Waals surface area contributed by atoms with Gasteiger partial charge in [-0.3, -0.25) is 0 Å². The molecule has 0 amide bonds. The summed E-state index contributed by atoms with van der Waals surface area (Å²) >= 11 is 0. The Bertz CT molecular complexity index is 69.3. The highest BCUT2D eigenvalue weighted by Gasteiger charge is 1.94. The van der Waals surface area contributed by atoms with Crippen LogP contribution in [0.25, 0.3) is 0 Å². The van der Waals surface area contributed by atoms with Gasteiger partial charge in [0.05, 0.1) is 0 Å². The van der Waals surface area contributed by atoms with Crippen molar-refractivity contribution >= 4 is 0 Å². The second-order valence-corrected chi connectivity index (χ2v) is 3.10. The summed E-state index contributed by atoms with van der Waals surface area (Å²) in [5, 5.41) is 8.32. The maximum Gasteiger partial charge on any atom is 0.0466 e. The van der Waals surface area contributed by atoms with Crippen molar-refractivity contribution in [3.63, 3.8) is 0 Å². The van der Waals surface area contributed by atoms with E-state index in [1.807, 2.05) is 13.8 Å². The van der Waals surface area contributed by atoms with Gasteiger partial charge in [-0.15, -0.1) is 0 Å². The molecule has 0 aromatic carbocycles. The van der Waals surface area contributed by atoms with E-state index in [1.165, 1.54) is 12.8 Å². The Balaban J connectivity index is 0. The zero-order valence-electron chi connectivity index (χ0n) is 10.6. The van der Waals surface area contributed by atoms with Crippen LogP contribution in [0.4, 0.5) is 0 Å². The zero-order chi connectivity index (χ0) is 11.8. The number of ether oxygens (including phenoxy) is 2. The molecule has 0 aromatic heterocycles. The van der Waals surface area contributed by atoms with Crippen LogP contribution in [0.5, 0.6) is 0 Å². The Kier molecular flexibility index (Phi) is 22.4. The maximum absolute atomic E-state index is 8.32. The molecule has 94 valence electrons. The molecule has 0 spiro atoms. The predicted molar refractivity (Wildman–Crippen MR) is 64.2 cm³/mol. The van der Waals surface area contributed by atoms with E-state index in [1.54, 1.807) is 7.11 Å². The van der Waals surface area contributed by atoms with E-state index >= 15 is 0 Å². The highest BCUT2D eigenvalue weighted by Crippen LogP contribution is 1.98. The van der Waals surface area contributed by atoms with Crippen LogP contribution in [0, 0.1) is 0 Å². The normalized spacial score (nSPS) is 13.6. The van der Waals surface area contributed by atoms with Crippen LogP contribution in [0.1, 0.15) is 46.0 Å². The summed E-state index contributed by atoms with van der Waals surface area (Å²) in [6.07, 6.45) is 5.60. The van der Waals surface area contributed by atoms with Crippen molar-refractivity contribution in [2.45, 2.75) is 46.0 Å². The second kappa shape index (κ2) is 19.5. The van der Waals surface area contributed by atoms with Crippen LogP contribution >= 0.6 is 0 Å². The van der Waals surface area contributed by atoms with E-state index < -0.39 is 0 Å². The zero-order valence-corrected chi connectivity index (χ0v) is 10.6. The summed E-state index contributed by atoms with van der Waals surface area (Å²) in [7, 11) is 1.69. The van der Waals surface area contributed by atoms with Gasteiger partial charge in [-0.1, -0.05) is 13.8 Å². The molecule has 1 fully saturated rings. The van der Waals surface area contributed by atoms with Crippen molar-refractivity contribution in [1.82, 2.24) is 0 Å².